The predicted molar refractivity (Wildman–Crippen MR) is 72.3 cm³/mol. The topological polar surface area (TPSA) is 117 Å². The molecule has 1 rings (SSSR count). The molecule has 0 aliphatic carbocycles. The Morgan fingerprint density at radius 3 is 2.50 bits per heavy atom. The number of nitrogens with zero attached hydrogens (tertiary/aromatic N) is 1. The first-order chi connectivity index (χ1) is 9.40. The van der Waals surface area contributed by atoms with Crippen LogP contribution in [0.3, 0.4) is 0 Å². The molecule has 1 aromatic rings. The van der Waals surface area contributed by atoms with E-state index < -0.39 is 23.9 Å². The highest BCUT2D eigenvalue weighted by Crippen LogP contribution is 2.08. The maximum Gasteiger partial charge on any atom is 0.326 e. The second-order valence-corrected chi connectivity index (χ2v) is 4.93. The molecule has 1 amide bonds. The third-order valence-corrected chi connectivity index (χ3v) is 2.92. The summed E-state index contributed by atoms with van der Waals surface area (Å²) in [5.41, 5.74) is 0.0951. The number of halogens is 1. The molecule has 1 atom stereocenters. The van der Waals surface area contributed by atoms with E-state index in [9.17, 15) is 14.4 Å². The van der Waals surface area contributed by atoms with Crippen LogP contribution in [0.1, 0.15) is 29.8 Å². The molecular weight excluding hydrogens is 332 g/mol. The molecule has 1 heterocycles. The van der Waals surface area contributed by atoms with Gasteiger partial charge < -0.3 is 15.5 Å². The number of carbonyl (C=O) groups is 3. The van der Waals surface area contributed by atoms with Gasteiger partial charge in [-0.05, 0) is 40.9 Å². The van der Waals surface area contributed by atoms with Gasteiger partial charge in [-0.1, -0.05) is 0 Å². The van der Waals surface area contributed by atoms with Crippen molar-refractivity contribution in [3.05, 3.63) is 28.5 Å². The summed E-state index contributed by atoms with van der Waals surface area (Å²) >= 11 is 3.17. The maximum absolute atomic E-state index is 11.8. The molecule has 108 valence electrons. The van der Waals surface area contributed by atoms with Crippen LogP contribution in [0.2, 0.25) is 0 Å². The number of pyridine rings is 1. The minimum Gasteiger partial charge on any atom is -0.481 e. The van der Waals surface area contributed by atoms with Crippen molar-refractivity contribution in [2.24, 2.45) is 0 Å². The molecule has 7 nitrogen and oxygen atoms in total. The van der Waals surface area contributed by atoms with Crippen molar-refractivity contribution in [2.45, 2.75) is 25.3 Å². The highest BCUT2D eigenvalue weighted by molar-refractivity contribution is 9.10. The van der Waals surface area contributed by atoms with Gasteiger partial charge in [0.25, 0.3) is 5.91 Å². The van der Waals surface area contributed by atoms with Crippen LogP contribution < -0.4 is 5.32 Å². The van der Waals surface area contributed by atoms with Crippen LogP contribution in [0.25, 0.3) is 0 Å². The third kappa shape index (κ3) is 5.35. The quantitative estimate of drug-likeness (QED) is 0.685. The molecule has 0 radical (unpaired) electrons. The molecule has 0 aromatic carbocycles. The van der Waals surface area contributed by atoms with E-state index in [1.165, 1.54) is 12.3 Å². The standard InChI is InChI=1S/C12H13BrN2O5/c13-7-4-5-8(14-6-7)11(18)15-9(12(19)20)2-1-3-10(16)17/h4-6,9H,1-3H2,(H,15,18)(H,16,17)(H,19,20)/t9-/m1/s1. The van der Waals surface area contributed by atoms with Crippen molar-refractivity contribution < 1.29 is 24.6 Å². The average Bonchev–Trinajstić information content (AvgIpc) is 2.37. The highest BCUT2D eigenvalue weighted by Gasteiger charge is 2.21. The zero-order valence-electron chi connectivity index (χ0n) is 10.4. The average molecular weight is 345 g/mol. The molecule has 0 saturated carbocycles. The molecule has 0 aliphatic heterocycles. The van der Waals surface area contributed by atoms with Gasteiger partial charge in [-0.3, -0.25) is 9.59 Å². The Balaban J connectivity index is 2.60. The number of hydrogen-bond donors (Lipinski definition) is 3. The lowest BCUT2D eigenvalue weighted by molar-refractivity contribution is -0.140. The zero-order chi connectivity index (χ0) is 15.1. The number of carboxylic acid groups (broad SMARTS) is 2. The summed E-state index contributed by atoms with van der Waals surface area (Å²) in [5.74, 6) is -2.82. The van der Waals surface area contributed by atoms with Gasteiger partial charge in [-0.25, -0.2) is 9.78 Å². The van der Waals surface area contributed by atoms with Gasteiger partial charge in [0.05, 0.1) is 0 Å². The Bertz CT molecular complexity index is 503. The predicted octanol–water partition coefficient (Wildman–Crippen LogP) is 1.28. The van der Waals surface area contributed by atoms with Crippen LogP contribution in [0.4, 0.5) is 0 Å². The largest absolute Gasteiger partial charge is 0.481 e. The van der Waals surface area contributed by atoms with Crippen LogP contribution in [0.15, 0.2) is 22.8 Å². The van der Waals surface area contributed by atoms with E-state index in [-0.39, 0.29) is 25.0 Å². The molecule has 0 aliphatic rings. The summed E-state index contributed by atoms with van der Waals surface area (Å²) in [6, 6.07) is 1.94. The summed E-state index contributed by atoms with van der Waals surface area (Å²) < 4.78 is 0.699. The van der Waals surface area contributed by atoms with Crippen LogP contribution in [-0.2, 0) is 9.59 Å². The van der Waals surface area contributed by atoms with E-state index >= 15 is 0 Å². The number of carboxylic acids is 2. The lowest BCUT2D eigenvalue weighted by atomic mass is 10.1. The molecule has 0 fully saturated rings. The van der Waals surface area contributed by atoms with Gasteiger partial charge in [0, 0.05) is 17.1 Å². The lowest BCUT2D eigenvalue weighted by Gasteiger charge is -2.13. The van der Waals surface area contributed by atoms with Crippen molar-refractivity contribution in [3.63, 3.8) is 0 Å². The Labute approximate surface area is 123 Å². The molecule has 0 saturated heterocycles. The number of carbonyl (C=O) groups excluding carboxylic acids is 1. The SMILES string of the molecule is O=C(O)CCC[C@@H](NC(=O)c1ccc(Br)cn1)C(=O)O. The van der Waals surface area contributed by atoms with E-state index in [0.29, 0.717) is 4.47 Å². The summed E-state index contributed by atoms with van der Waals surface area (Å²) in [4.78, 5) is 37.0. The minimum atomic E-state index is -1.21. The van der Waals surface area contributed by atoms with Crippen LogP contribution in [-0.4, -0.2) is 39.1 Å². The van der Waals surface area contributed by atoms with Crippen molar-refractivity contribution >= 4 is 33.8 Å². The number of amides is 1. The van der Waals surface area contributed by atoms with Crippen LogP contribution in [0.5, 0.6) is 0 Å². The van der Waals surface area contributed by atoms with Gasteiger partial charge in [-0.2, -0.15) is 0 Å². The second kappa shape index (κ2) is 7.59. The summed E-state index contributed by atoms with van der Waals surface area (Å²) in [5, 5.41) is 19.8. The van der Waals surface area contributed by atoms with Gasteiger partial charge in [0.1, 0.15) is 11.7 Å². The number of aromatic nitrogens is 1. The lowest BCUT2D eigenvalue weighted by Crippen LogP contribution is -2.41. The minimum absolute atomic E-state index is 0.0455. The monoisotopic (exact) mass is 344 g/mol. The van der Waals surface area contributed by atoms with Crippen molar-refractivity contribution in [3.8, 4) is 0 Å². The van der Waals surface area contributed by atoms with Gasteiger partial charge >= 0.3 is 11.9 Å². The molecule has 20 heavy (non-hydrogen) atoms. The first-order valence-corrected chi connectivity index (χ1v) is 6.56. The summed E-state index contributed by atoms with van der Waals surface area (Å²) in [6.45, 7) is 0. The molecule has 3 N–H and O–H groups in total. The molecule has 0 spiro atoms. The molecular formula is C12H13BrN2O5. The molecule has 1 aromatic heterocycles. The summed E-state index contributed by atoms with van der Waals surface area (Å²) in [7, 11) is 0. The maximum atomic E-state index is 11.8. The van der Waals surface area contributed by atoms with Crippen molar-refractivity contribution in [1.29, 1.82) is 0 Å². The first kappa shape index (κ1) is 16.1. The second-order valence-electron chi connectivity index (χ2n) is 4.01. The van der Waals surface area contributed by atoms with E-state index in [2.05, 4.69) is 26.2 Å². The van der Waals surface area contributed by atoms with Gasteiger partial charge in [0.2, 0.25) is 0 Å². The van der Waals surface area contributed by atoms with E-state index in [4.69, 9.17) is 10.2 Å². The highest BCUT2D eigenvalue weighted by atomic mass is 79.9. The van der Waals surface area contributed by atoms with Gasteiger partial charge in [0.15, 0.2) is 0 Å². The smallest absolute Gasteiger partial charge is 0.326 e. The Morgan fingerprint density at radius 1 is 1.30 bits per heavy atom. The zero-order valence-corrected chi connectivity index (χ0v) is 12.0. The van der Waals surface area contributed by atoms with Crippen molar-refractivity contribution in [1.82, 2.24) is 10.3 Å². The fourth-order valence-corrected chi connectivity index (χ4v) is 1.69. The summed E-state index contributed by atoms with van der Waals surface area (Å²) in [6.07, 6.45) is 1.50. The van der Waals surface area contributed by atoms with E-state index in [1.807, 2.05) is 0 Å². The van der Waals surface area contributed by atoms with E-state index in [1.54, 1.807) is 6.07 Å². The number of aliphatic carboxylic acids is 2. The number of hydrogen-bond acceptors (Lipinski definition) is 4. The van der Waals surface area contributed by atoms with Crippen LogP contribution in [0, 0.1) is 0 Å². The Hall–Kier alpha value is -1.96. The number of rotatable bonds is 7. The fourth-order valence-electron chi connectivity index (χ4n) is 1.46. The Morgan fingerprint density at radius 2 is 2.00 bits per heavy atom. The third-order valence-electron chi connectivity index (χ3n) is 2.45. The molecule has 0 bridgehead atoms. The first-order valence-electron chi connectivity index (χ1n) is 5.77. The molecule has 8 heteroatoms. The van der Waals surface area contributed by atoms with Gasteiger partial charge in [-0.15, -0.1) is 0 Å². The fraction of sp³-hybridized carbons (Fsp3) is 0.333. The molecule has 0 unspecified atom stereocenters. The van der Waals surface area contributed by atoms with Crippen LogP contribution >= 0.6 is 15.9 Å². The number of nitrogens with one attached hydrogen (secondary N) is 1. The Kier molecular flexibility index (Phi) is 6.10. The van der Waals surface area contributed by atoms with Crippen molar-refractivity contribution in [2.75, 3.05) is 0 Å². The normalized spacial score (nSPS) is 11.7. The van der Waals surface area contributed by atoms with E-state index in [0.717, 1.165) is 0 Å².